The van der Waals surface area contributed by atoms with Gasteiger partial charge in [0.1, 0.15) is 17.0 Å². The number of hydrogen-bond acceptors (Lipinski definition) is 5. The summed E-state index contributed by atoms with van der Waals surface area (Å²) >= 11 is 0. The zero-order valence-electron chi connectivity index (χ0n) is 21.7. The van der Waals surface area contributed by atoms with Crippen molar-refractivity contribution in [2.24, 2.45) is 0 Å². The van der Waals surface area contributed by atoms with Crippen molar-refractivity contribution in [2.75, 3.05) is 20.2 Å². The Labute approximate surface area is 216 Å². The SMILES string of the molecule is CCOc1ccc(CCNC(=O)c2cc3n(n2)C[C@@](C)(C(=O)NCc2ccc(C)cc2)N(C)C3=O)cc1. The molecule has 0 aliphatic carbocycles. The summed E-state index contributed by atoms with van der Waals surface area (Å²) in [5, 5.41) is 10.2. The van der Waals surface area contributed by atoms with E-state index in [0.717, 1.165) is 22.4 Å². The Hall–Kier alpha value is -4.14. The molecule has 1 atom stereocenters. The van der Waals surface area contributed by atoms with Crippen LogP contribution >= 0.6 is 0 Å². The fraction of sp³-hybridized carbons (Fsp3) is 0.357. The number of rotatable bonds is 9. The predicted molar refractivity (Wildman–Crippen MR) is 139 cm³/mol. The van der Waals surface area contributed by atoms with Crippen molar-refractivity contribution in [1.82, 2.24) is 25.3 Å². The molecule has 9 heteroatoms. The Morgan fingerprint density at radius 2 is 1.73 bits per heavy atom. The number of aromatic nitrogens is 2. The molecule has 2 heterocycles. The lowest BCUT2D eigenvalue weighted by Crippen LogP contribution is -2.62. The molecule has 0 saturated heterocycles. The van der Waals surface area contributed by atoms with Gasteiger partial charge in [-0.05, 0) is 50.5 Å². The summed E-state index contributed by atoms with van der Waals surface area (Å²) < 4.78 is 6.90. The number of amides is 3. The lowest BCUT2D eigenvalue weighted by Gasteiger charge is -2.40. The predicted octanol–water partition coefficient (Wildman–Crippen LogP) is 2.72. The van der Waals surface area contributed by atoms with Crippen LogP contribution in [0.15, 0.2) is 54.6 Å². The van der Waals surface area contributed by atoms with E-state index in [9.17, 15) is 14.4 Å². The highest BCUT2D eigenvalue weighted by Crippen LogP contribution is 2.26. The number of carbonyl (C=O) groups excluding carboxylic acids is 3. The minimum Gasteiger partial charge on any atom is -0.494 e. The molecule has 9 nitrogen and oxygen atoms in total. The van der Waals surface area contributed by atoms with Gasteiger partial charge in [0.15, 0.2) is 5.69 Å². The van der Waals surface area contributed by atoms with Gasteiger partial charge in [0.25, 0.3) is 11.8 Å². The van der Waals surface area contributed by atoms with Crippen LogP contribution in [0.1, 0.15) is 51.5 Å². The van der Waals surface area contributed by atoms with E-state index in [1.54, 1.807) is 14.0 Å². The number of benzene rings is 2. The van der Waals surface area contributed by atoms with Crippen molar-refractivity contribution in [3.05, 3.63) is 82.7 Å². The lowest BCUT2D eigenvalue weighted by atomic mass is 9.95. The molecule has 0 radical (unpaired) electrons. The fourth-order valence-electron chi connectivity index (χ4n) is 4.25. The largest absolute Gasteiger partial charge is 0.494 e. The Balaban J connectivity index is 1.38. The number of nitrogens with one attached hydrogen (secondary N) is 2. The molecule has 37 heavy (non-hydrogen) atoms. The van der Waals surface area contributed by atoms with E-state index in [2.05, 4.69) is 15.7 Å². The third kappa shape index (κ3) is 5.66. The van der Waals surface area contributed by atoms with Gasteiger partial charge < -0.3 is 20.3 Å². The number of ether oxygens (including phenoxy) is 1. The summed E-state index contributed by atoms with van der Waals surface area (Å²) in [6.45, 7) is 7.17. The number of carbonyl (C=O) groups is 3. The van der Waals surface area contributed by atoms with Gasteiger partial charge in [0.05, 0.1) is 13.2 Å². The molecule has 0 saturated carbocycles. The molecular weight excluding hydrogens is 470 g/mol. The molecule has 3 amide bonds. The Bertz CT molecular complexity index is 1280. The van der Waals surface area contributed by atoms with Crippen LogP contribution in [0.2, 0.25) is 0 Å². The maximum Gasteiger partial charge on any atom is 0.272 e. The zero-order chi connectivity index (χ0) is 26.6. The van der Waals surface area contributed by atoms with Crippen LogP contribution in [0.3, 0.4) is 0 Å². The van der Waals surface area contributed by atoms with Gasteiger partial charge in [-0.25, -0.2) is 0 Å². The summed E-state index contributed by atoms with van der Waals surface area (Å²) in [4.78, 5) is 40.4. The summed E-state index contributed by atoms with van der Waals surface area (Å²) in [7, 11) is 1.60. The second-order valence-corrected chi connectivity index (χ2v) is 9.46. The van der Waals surface area contributed by atoms with Gasteiger partial charge in [0.2, 0.25) is 5.91 Å². The number of fused-ring (bicyclic) bond motifs is 1. The van der Waals surface area contributed by atoms with Crippen LogP contribution in [-0.2, 0) is 24.3 Å². The molecule has 194 valence electrons. The maximum absolute atomic E-state index is 13.2. The normalized spacial score (nSPS) is 16.8. The molecule has 2 aromatic carbocycles. The quantitative estimate of drug-likeness (QED) is 0.467. The molecule has 1 aliphatic rings. The number of aryl methyl sites for hydroxylation is 1. The van der Waals surface area contributed by atoms with Crippen LogP contribution in [-0.4, -0.2) is 58.1 Å². The molecule has 0 spiro atoms. The molecule has 2 N–H and O–H groups in total. The monoisotopic (exact) mass is 503 g/mol. The summed E-state index contributed by atoms with van der Waals surface area (Å²) in [6.07, 6.45) is 0.645. The van der Waals surface area contributed by atoms with Crippen LogP contribution in [0, 0.1) is 6.92 Å². The lowest BCUT2D eigenvalue weighted by molar-refractivity contribution is -0.132. The first-order valence-corrected chi connectivity index (χ1v) is 12.4. The van der Waals surface area contributed by atoms with Crippen LogP contribution < -0.4 is 15.4 Å². The van der Waals surface area contributed by atoms with Crippen molar-refractivity contribution >= 4 is 17.7 Å². The fourth-order valence-corrected chi connectivity index (χ4v) is 4.25. The van der Waals surface area contributed by atoms with Gasteiger partial charge in [-0.3, -0.25) is 19.1 Å². The third-order valence-corrected chi connectivity index (χ3v) is 6.73. The first-order chi connectivity index (χ1) is 17.7. The molecular formula is C28H33N5O4. The molecule has 0 fully saturated rings. The number of likely N-dealkylation sites (N-methyl/N-ethyl adjacent to an activating group) is 1. The highest BCUT2D eigenvalue weighted by Gasteiger charge is 2.46. The molecule has 3 aromatic rings. The summed E-state index contributed by atoms with van der Waals surface area (Å²) in [6, 6.07) is 17.1. The van der Waals surface area contributed by atoms with Crippen molar-refractivity contribution in [3.8, 4) is 5.75 Å². The molecule has 4 rings (SSSR count). The average Bonchev–Trinajstić information content (AvgIpc) is 3.32. The maximum atomic E-state index is 13.2. The Morgan fingerprint density at radius 1 is 1.05 bits per heavy atom. The first-order valence-electron chi connectivity index (χ1n) is 12.4. The zero-order valence-corrected chi connectivity index (χ0v) is 21.7. The van der Waals surface area contributed by atoms with Gasteiger partial charge >= 0.3 is 0 Å². The van der Waals surface area contributed by atoms with Gasteiger partial charge in [0, 0.05) is 26.2 Å². The number of hydrogen-bond donors (Lipinski definition) is 2. The number of nitrogens with zero attached hydrogens (tertiary/aromatic N) is 3. The minimum atomic E-state index is -1.15. The third-order valence-electron chi connectivity index (χ3n) is 6.73. The molecule has 0 bridgehead atoms. The summed E-state index contributed by atoms with van der Waals surface area (Å²) in [5.41, 5.74) is 2.45. The van der Waals surface area contributed by atoms with E-state index < -0.39 is 5.54 Å². The van der Waals surface area contributed by atoms with Gasteiger partial charge in [-0.15, -0.1) is 0 Å². The van der Waals surface area contributed by atoms with Gasteiger partial charge in [-0.1, -0.05) is 42.0 Å². The van der Waals surface area contributed by atoms with E-state index in [4.69, 9.17) is 4.74 Å². The van der Waals surface area contributed by atoms with Gasteiger partial charge in [-0.2, -0.15) is 5.10 Å². The molecule has 1 aliphatic heterocycles. The van der Waals surface area contributed by atoms with Crippen molar-refractivity contribution in [3.63, 3.8) is 0 Å². The van der Waals surface area contributed by atoms with Crippen LogP contribution in [0.5, 0.6) is 5.75 Å². The van der Waals surface area contributed by atoms with Crippen LogP contribution in [0.4, 0.5) is 0 Å². The van der Waals surface area contributed by atoms with Crippen molar-refractivity contribution in [2.45, 2.75) is 45.8 Å². The van der Waals surface area contributed by atoms with E-state index >= 15 is 0 Å². The standard InChI is InChI=1S/C28H33N5O4/c1-5-37-22-12-10-20(11-13-22)14-15-29-25(34)23-16-24-26(35)32(4)28(3,18-33(24)31-23)27(36)30-17-21-8-6-19(2)7-9-21/h6-13,16H,5,14-15,17-18H2,1-4H3,(H,29,34)(H,30,36)/t28-/m0/s1. The topological polar surface area (TPSA) is 106 Å². The summed E-state index contributed by atoms with van der Waals surface area (Å²) in [5.74, 6) is -0.204. The smallest absolute Gasteiger partial charge is 0.272 e. The Morgan fingerprint density at radius 3 is 2.41 bits per heavy atom. The minimum absolute atomic E-state index is 0.143. The van der Waals surface area contributed by atoms with E-state index in [0.29, 0.717) is 26.1 Å². The van der Waals surface area contributed by atoms with Crippen molar-refractivity contribution < 1.29 is 19.1 Å². The van der Waals surface area contributed by atoms with E-state index in [1.165, 1.54) is 15.6 Å². The molecule has 1 aromatic heterocycles. The van der Waals surface area contributed by atoms with Crippen molar-refractivity contribution in [1.29, 1.82) is 0 Å². The van der Waals surface area contributed by atoms with E-state index in [-0.39, 0.29) is 35.7 Å². The first kappa shape index (κ1) is 25.9. The highest BCUT2D eigenvalue weighted by molar-refractivity contribution is 6.01. The second-order valence-electron chi connectivity index (χ2n) is 9.46. The Kier molecular flexibility index (Phi) is 7.61. The van der Waals surface area contributed by atoms with E-state index in [1.807, 2.05) is 62.4 Å². The van der Waals surface area contributed by atoms with Crippen LogP contribution in [0.25, 0.3) is 0 Å². The average molecular weight is 504 g/mol. The second kappa shape index (κ2) is 10.9. The highest BCUT2D eigenvalue weighted by atomic mass is 16.5. The molecule has 0 unspecified atom stereocenters.